The summed E-state index contributed by atoms with van der Waals surface area (Å²) in [5.41, 5.74) is -7.61. The first-order chi connectivity index (χ1) is 12.4. The van der Waals surface area contributed by atoms with Gasteiger partial charge in [-0.05, 0) is 41.7 Å². The molecule has 0 aromatic heterocycles. The molecule has 2 aromatic rings. The van der Waals surface area contributed by atoms with E-state index >= 15 is 0 Å². The zero-order chi connectivity index (χ0) is 20.6. The van der Waals surface area contributed by atoms with Gasteiger partial charge >= 0.3 is 18.0 Å². The molecule has 0 aliphatic heterocycles. The highest BCUT2D eigenvalue weighted by Crippen LogP contribution is 2.56. The average molecular weight is 412 g/mol. The van der Waals surface area contributed by atoms with Gasteiger partial charge in [0.25, 0.3) is 0 Å². The molecule has 0 nitrogen and oxygen atoms in total. The lowest BCUT2D eigenvalue weighted by Crippen LogP contribution is -2.50. The summed E-state index contributed by atoms with van der Waals surface area (Å²) in [6.45, 7) is 3.07. The Morgan fingerprint density at radius 2 is 1.44 bits per heavy atom. The van der Waals surface area contributed by atoms with Crippen LogP contribution in [-0.4, -0.2) is 12.4 Å². The summed E-state index contributed by atoms with van der Waals surface area (Å²) < 4.78 is 95.4. The maximum atomic E-state index is 14.9. The smallest absolute Gasteiger partial charge is 0.218 e. The highest BCUT2D eigenvalue weighted by Gasteiger charge is 2.74. The number of hydrogen-bond acceptors (Lipinski definition) is 0. The van der Waals surface area contributed by atoms with Crippen molar-refractivity contribution in [1.29, 1.82) is 0 Å². The predicted molar refractivity (Wildman–Crippen MR) is 89.4 cm³/mol. The van der Waals surface area contributed by atoms with Gasteiger partial charge in [-0.15, -0.1) is 0 Å². The van der Waals surface area contributed by atoms with Gasteiger partial charge in [0, 0.05) is 16.1 Å². The molecular formula is C19H15ClF7. The Labute approximate surface area is 157 Å². The van der Waals surface area contributed by atoms with Gasteiger partial charge < -0.3 is 0 Å². The monoisotopic (exact) mass is 411 g/mol. The second-order valence-corrected chi connectivity index (χ2v) is 6.31. The molecule has 0 saturated carbocycles. The molecule has 0 N–H and O–H groups in total. The Balaban J connectivity index is 3.04. The number of benzene rings is 2. The predicted octanol–water partition coefficient (Wildman–Crippen LogP) is 7.22. The molecule has 27 heavy (non-hydrogen) atoms. The van der Waals surface area contributed by atoms with Crippen molar-refractivity contribution in [3.05, 3.63) is 58.1 Å². The molecule has 1 radical (unpaired) electrons. The molecule has 0 saturated heterocycles. The minimum absolute atomic E-state index is 0.0352. The Morgan fingerprint density at radius 1 is 0.889 bits per heavy atom. The van der Waals surface area contributed by atoms with Crippen LogP contribution in [0.15, 0.2) is 30.3 Å². The van der Waals surface area contributed by atoms with Crippen LogP contribution in [0.3, 0.4) is 0 Å². The Morgan fingerprint density at radius 3 is 1.89 bits per heavy atom. The molecule has 0 spiro atoms. The molecule has 147 valence electrons. The summed E-state index contributed by atoms with van der Waals surface area (Å²) >= 11 is 6.01. The largest absolute Gasteiger partial charge is 0.435 e. The molecular weight excluding hydrogens is 397 g/mol. The Bertz CT molecular complexity index is 808. The fourth-order valence-electron chi connectivity index (χ4n) is 2.87. The first-order valence-corrected chi connectivity index (χ1v) is 8.42. The van der Waals surface area contributed by atoms with E-state index in [1.165, 1.54) is 38.1 Å². The topological polar surface area (TPSA) is 0 Å². The number of halogens is 8. The third-order valence-corrected chi connectivity index (χ3v) is 4.56. The van der Waals surface area contributed by atoms with Gasteiger partial charge in [-0.1, -0.05) is 49.7 Å². The lowest BCUT2D eigenvalue weighted by Gasteiger charge is -2.33. The van der Waals surface area contributed by atoms with Crippen LogP contribution >= 0.6 is 11.6 Å². The maximum Gasteiger partial charge on any atom is 0.435 e. The van der Waals surface area contributed by atoms with Crippen molar-refractivity contribution in [3.63, 3.8) is 0 Å². The first-order valence-electron chi connectivity index (χ1n) is 8.04. The van der Waals surface area contributed by atoms with E-state index in [0.717, 1.165) is 0 Å². The fraction of sp³-hybridized carbons (Fsp3) is 0.368. The van der Waals surface area contributed by atoms with Crippen molar-refractivity contribution in [2.24, 2.45) is 0 Å². The van der Waals surface area contributed by atoms with Gasteiger partial charge in [-0.2, -0.15) is 26.3 Å². The van der Waals surface area contributed by atoms with Gasteiger partial charge in [-0.3, -0.25) is 0 Å². The van der Waals surface area contributed by atoms with Gasteiger partial charge in [-0.25, -0.2) is 4.39 Å². The van der Waals surface area contributed by atoms with Crippen LogP contribution in [0, 0.1) is 6.07 Å². The summed E-state index contributed by atoms with van der Waals surface area (Å²) in [4.78, 5) is 0. The van der Waals surface area contributed by atoms with Crippen LogP contribution in [0.5, 0.6) is 0 Å². The van der Waals surface area contributed by atoms with Crippen LogP contribution in [0.2, 0.25) is 5.02 Å². The average Bonchev–Trinajstić information content (AvgIpc) is 2.58. The van der Waals surface area contributed by atoms with E-state index in [-0.39, 0.29) is 34.6 Å². The third-order valence-electron chi connectivity index (χ3n) is 4.23. The van der Waals surface area contributed by atoms with Crippen LogP contribution in [0.25, 0.3) is 11.1 Å². The van der Waals surface area contributed by atoms with Crippen LogP contribution < -0.4 is 0 Å². The van der Waals surface area contributed by atoms with Crippen molar-refractivity contribution >= 4 is 11.6 Å². The van der Waals surface area contributed by atoms with Crippen molar-refractivity contribution in [3.8, 4) is 11.1 Å². The van der Waals surface area contributed by atoms with Crippen molar-refractivity contribution in [1.82, 2.24) is 0 Å². The van der Waals surface area contributed by atoms with Gasteiger partial charge in [0.15, 0.2) is 0 Å². The van der Waals surface area contributed by atoms with Gasteiger partial charge in [0.05, 0.1) is 0 Å². The van der Waals surface area contributed by atoms with E-state index in [9.17, 15) is 30.7 Å². The molecule has 0 aliphatic rings. The first kappa shape index (κ1) is 21.5. The molecule has 2 aromatic carbocycles. The minimum Gasteiger partial charge on any atom is -0.218 e. The highest BCUT2D eigenvalue weighted by atomic mass is 35.5. The molecule has 0 aliphatic carbocycles. The van der Waals surface area contributed by atoms with Crippen molar-refractivity contribution in [2.45, 2.75) is 44.7 Å². The number of rotatable bonds is 4. The molecule has 0 heterocycles. The molecule has 2 rings (SSSR count). The summed E-state index contributed by atoms with van der Waals surface area (Å²) in [5, 5.41) is -0.0854. The van der Waals surface area contributed by atoms with E-state index < -0.39 is 29.1 Å². The van der Waals surface area contributed by atoms with E-state index in [1.807, 2.05) is 0 Å². The van der Waals surface area contributed by atoms with Crippen molar-refractivity contribution < 1.29 is 30.7 Å². The van der Waals surface area contributed by atoms with Gasteiger partial charge in [0.1, 0.15) is 0 Å². The van der Waals surface area contributed by atoms with E-state index in [2.05, 4.69) is 6.07 Å². The zero-order valence-corrected chi connectivity index (χ0v) is 15.1. The maximum absolute atomic E-state index is 14.9. The lowest BCUT2D eigenvalue weighted by molar-refractivity contribution is -0.348. The standard InChI is InChI=1S/C19H15ClF7/c1-3-11-9-12(4-2)16(13-7-5-6-8-15(13)20)14(10-11)17(21,18(22,23)24)19(25,26)27/h5-8,10H,3-4H2,1-2H3. The minimum atomic E-state index is -6.21. The molecule has 0 unspecified atom stereocenters. The van der Waals surface area contributed by atoms with Crippen LogP contribution in [-0.2, 0) is 18.5 Å². The number of hydrogen-bond donors (Lipinski definition) is 0. The molecule has 0 amide bonds. The number of aryl methyl sites for hydroxylation is 2. The second kappa shape index (κ2) is 7.34. The molecule has 0 atom stereocenters. The summed E-state index contributed by atoms with van der Waals surface area (Å²) in [5.74, 6) is 0. The highest BCUT2D eigenvalue weighted by molar-refractivity contribution is 6.33. The fourth-order valence-corrected chi connectivity index (χ4v) is 3.10. The van der Waals surface area contributed by atoms with Crippen LogP contribution in [0.1, 0.15) is 30.5 Å². The van der Waals surface area contributed by atoms with E-state index in [1.54, 1.807) is 0 Å². The normalized spacial score (nSPS) is 13.1. The zero-order valence-electron chi connectivity index (χ0n) is 14.3. The summed E-state index contributed by atoms with van der Waals surface area (Å²) in [6, 6.07) is 8.82. The number of alkyl halides is 7. The molecule has 8 heteroatoms. The van der Waals surface area contributed by atoms with Gasteiger partial charge in [0.2, 0.25) is 0 Å². The van der Waals surface area contributed by atoms with E-state index in [0.29, 0.717) is 6.07 Å². The quantitative estimate of drug-likeness (QED) is 0.466. The third kappa shape index (κ3) is 3.66. The summed E-state index contributed by atoms with van der Waals surface area (Å²) in [6.07, 6.45) is -12.3. The Hall–Kier alpha value is -1.76. The Kier molecular flexibility index (Phi) is 5.85. The lowest BCUT2D eigenvalue weighted by atomic mass is 9.82. The molecule has 0 fully saturated rings. The second-order valence-electron chi connectivity index (χ2n) is 5.90. The van der Waals surface area contributed by atoms with Crippen molar-refractivity contribution in [2.75, 3.05) is 0 Å². The SMILES string of the molecule is CCc1[c]c(CC)c(-c2ccccc2Cl)c(C(F)(C(F)(F)F)C(F)(F)F)c1. The molecule has 0 bridgehead atoms. The van der Waals surface area contributed by atoms with E-state index in [4.69, 9.17) is 11.6 Å². The van der Waals surface area contributed by atoms with Crippen LogP contribution in [0.4, 0.5) is 30.7 Å². The summed E-state index contributed by atoms with van der Waals surface area (Å²) in [7, 11) is 0.